The molecule has 0 radical (unpaired) electrons. The first kappa shape index (κ1) is 13.1. The number of fused-ring (bicyclic) bond motifs is 1. The zero-order chi connectivity index (χ0) is 11.7. The first-order valence-electron chi connectivity index (χ1n) is 5.13. The standard InChI is InChI=1S/C14H12O2.CH4/c1-9(15)11-3-5-14-8-12(10(2)16)4-6-13(14)7-11;/h3-8H,1-2H3;1H4. The largest absolute Gasteiger partial charge is 0.295 e. The lowest BCUT2D eigenvalue weighted by Gasteiger charge is -2.02. The Balaban J connectivity index is 0.00000144. The molecule has 0 aliphatic heterocycles. The second kappa shape index (κ2) is 4.91. The van der Waals surface area contributed by atoms with E-state index in [0.29, 0.717) is 11.1 Å². The summed E-state index contributed by atoms with van der Waals surface area (Å²) in [7, 11) is 0. The molecule has 2 aromatic rings. The van der Waals surface area contributed by atoms with E-state index in [-0.39, 0.29) is 19.0 Å². The Morgan fingerprint density at radius 3 is 1.41 bits per heavy atom. The average molecular weight is 228 g/mol. The van der Waals surface area contributed by atoms with Gasteiger partial charge < -0.3 is 0 Å². The molecule has 2 aromatic carbocycles. The van der Waals surface area contributed by atoms with Gasteiger partial charge in [-0.05, 0) is 36.8 Å². The molecular weight excluding hydrogens is 212 g/mol. The molecule has 0 unspecified atom stereocenters. The van der Waals surface area contributed by atoms with E-state index in [1.807, 2.05) is 24.3 Å². The van der Waals surface area contributed by atoms with Gasteiger partial charge in [0.25, 0.3) is 0 Å². The first-order valence-corrected chi connectivity index (χ1v) is 5.13. The van der Waals surface area contributed by atoms with Gasteiger partial charge in [-0.25, -0.2) is 0 Å². The highest BCUT2D eigenvalue weighted by Crippen LogP contribution is 2.18. The van der Waals surface area contributed by atoms with Gasteiger partial charge in [-0.3, -0.25) is 9.59 Å². The molecule has 0 heterocycles. The van der Waals surface area contributed by atoms with Gasteiger partial charge >= 0.3 is 0 Å². The predicted molar refractivity (Wildman–Crippen MR) is 70.7 cm³/mol. The number of benzene rings is 2. The van der Waals surface area contributed by atoms with Crippen LogP contribution in [0.3, 0.4) is 0 Å². The summed E-state index contributed by atoms with van der Waals surface area (Å²) in [4.78, 5) is 22.4. The Hall–Kier alpha value is -1.96. The highest BCUT2D eigenvalue weighted by atomic mass is 16.1. The van der Waals surface area contributed by atoms with Crippen LogP contribution in [-0.2, 0) is 0 Å². The third-order valence-electron chi connectivity index (χ3n) is 2.65. The number of ketones is 2. The molecule has 2 heteroatoms. The van der Waals surface area contributed by atoms with Crippen LogP contribution < -0.4 is 0 Å². The van der Waals surface area contributed by atoms with Gasteiger partial charge in [0, 0.05) is 11.1 Å². The first-order chi connectivity index (χ1) is 7.58. The lowest BCUT2D eigenvalue weighted by Crippen LogP contribution is -1.93. The lowest BCUT2D eigenvalue weighted by atomic mass is 10.0. The van der Waals surface area contributed by atoms with Gasteiger partial charge in [-0.1, -0.05) is 31.7 Å². The van der Waals surface area contributed by atoms with Crippen LogP contribution in [-0.4, -0.2) is 11.6 Å². The summed E-state index contributed by atoms with van der Waals surface area (Å²) in [5.74, 6) is 0.107. The SMILES string of the molecule is C.CC(=O)c1ccc2cc(C(C)=O)ccc2c1. The molecular formula is C15H16O2. The molecule has 17 heavy (non-hydrogen) atoms. The lowest BCUT2D eigenvalue weighted by molar-refractivity contribution is 0.100. The van der Waals surface area contributed by atoms with E-state index in [9.17, 15) is 9.59 Å². The van der Waals surface area contributed by atoms with Gasteiger partial charge in [-0.15, -0.1) is 0 Å². The van der Waals surface area contributed by atoms with E-state index < -0.39 is 0 Å². The smallest absolute Gasteiger partial charge is 0.159 e. The van der Waals surface area contributed by atoms with E-state index in [2.05, 4.69) is 0 Å². The van der Waals surface area contributed by atoms with Crippen molar-refractivity contribution < 1.29 is 9.59 Å². The van der Waals surface area contributed by atoms with Crippen molar-refractivity contribution in [2.45, 2.75) is 21.3 Å². The van der Waals surface area contributed by atoms with Gasteiger partial charge in [0.05, 0.1) is 0 Å². The molecule has 0 fully saturated rings. The number of carbonyl (C=O) groups excluding carboxylic acids is 2. The second-order valence-electron chi connectivity index (χ2n) is 3.89. The van der Waals surface area contributed by atoms with E-state index in [1.54, 1.807) is 26.0 Å². The number of hydrogen-bond donors (Lipinski definition) is 0. The number of Topliss-reactive ketones (excluding diaryl/α,β-unsaturated/α-hetero) is 2. The fraction of sp³-hybridized carbons (Fsp3) is 0.200. The summed E-state index contributed by atoms with van der Waals surface area (Å²) < 4.78 is 0. The molecule has 0 aliphatic carbocycles. The van der Waals surface area contributed by atoms with Crippen molar-refractivity contribution in [2.24, 2.45) is 0 Å². The van der Waals surface area contributed by atoms with Gasteiger partial charge in [0.15, 0.2) is 11.6 Å². The van der Waals surface area contributed by atoms with Crippen LogP contribution in [0.2, 0.25) is 0 Å². The fourth-order valence-corrected chi connectivity index (χ4v) is 1.68. The maximum Gasteiger partial charge on any atom is 0.159 e. The topological polar surface area (TPSA) is 34.1 Å². The van der Waals surface area contributed by atoms with Gasteiger partial charge in [0.2, 0.25) is 0 Å². The van der Waals surface area contributed by atoms with Crippen molar-refractivity contribution in [3.8, 4) is 0 Å². The molecule has 2 rings (SSSR count). The maximum atomic E-state index is 11.2. The van der Waals surface area contributed by atoms with E-state index in [4.69, 9.17) is 0 Å². The maximum absolute atomic E-state index is 11.2. The van der Waals surface area contributed by atoms with E-state index in [0.717, 1.165) is 10.8 Å². The number of rotatable bonds is 2. The Bertz CT molecular complexity index is 529. The van der Waals surface area contributed by atoms with Crippen molar-refractivity contribution >= 4 is 22.3 Å². The van der Waals surface area contributed by atoms with Crippen molar-refractivity contribution in [3.63, 3.8) is 0 Å². The highest BCUT2D eigenvalue weighted by Gasteiger charge is 2.03. The summed E-state index contributed by atoms with van der Waals surface area (Å²) in [6, 6.07) is 11.0. The minimum absolute atomic E-state index is 0. The molecule has 0 N–H and O–H groups in total. The van der Waals surface area contributed by atoms with Crippen molar-refractivity contribution in [1.82, 2.24) is 0 Å². The summed E-state index contributed by atoms with van der Waals surface area (Å²) >= 11 is 0. The van der Waals surface area contributed by atoms with Crippen molar-refractivity contribution in [2.75, 3.05) is 0 Å². The third-order valence-corrected chi connectivity index (χ3v) is 2.65. The molecule has 0 saturated carbocycles. The summed E-state index contributed by atoms with van der Waals surface area (Å²) in [6.07, 6.45) is 0. The molecule has 2 nitrogen and oxygen atoms in total. The molecule has 0 aliphatic rings. The molecule has 0 bridgehead atoms. The predicted octanol–water partition coefficient (Wildman–Crippen LogP) is 3.88. The minimum Gasteiger partial charge on any atom is -0.295 e. The Morgan fingerprint density at radius 1 is 0.765 bits per heavy atom. The number of carbonyl (C=O) groups is 2. The number of hydrogen-bond acceptors (Lipinski definition) is 2. The molecule has 0 atom stereocenters. The van der Waals surface area contributed by atoms with Crippen LogP contribution in [0, 0.1) is 0 Å². The van der Waals surface area contributed by atoms with Crippen LogP contribution in [0.15, 0.2) is 36.4 Å². The van der Waals surface area contributed by atoms with Crippen LogP contribution in [0.4, 0.5) is 0 Å². The highest BCUT2D eigenvalue weighted by molar-refractivity contribution is 6.01. The zero-order valence-electron chi connectivity index (χ0n) is 9.28. The minimum atomic E-state index is 0. The van der Waals surface area contributed by atoms with Crippen LogP contribution in [0.25, 0.3) is 10.8 Å². The quantitative estimate of drug-likeness (QED) is 0.731. The zero-order valence-corrected chi connectivity index (χ0v) is 9.28. The summed E-state index contributed by atoms with van der Waals surface area (Å²) in [5, 5.41) is 1.97. The van der Waals surface area contributed by atoms with E-state index in [1.165, 1.54) is 0 Å². The van der Waals surface area contributed by atoms with Crippen LogP contribution in [0.1, 0.15) is 42.0 Å². The van der Waals surface area contributed by atoms with Crippen molar-refractivity contribution in [1.29, 1.82) is 0 Å². The summed E-state index contributed by atoms with van der Waals surface area (Å²) in [6.45, 7) is 3.09. The molecule has 0 aromatic heterocycles. The van der Waals surface area contributed by atoms with Crippen LogP contribution in [0.5, 0.6) is 0 Å². The Kier molecular flexibility index (Phi) is 3.79. The monoisotopic (exact) mass is 228 g/mol. The van der Waals surface area contributed by atoms with Gasteiger partial charge in [-0.2, -0.15) is 0 Å². The normalized spacial score (nSPS) is 9.76. The third kappa shape index (κ3) is 2.59. The van der Waals surface area contributed by atoms with Crippen LogP contribution >= 0.6 is 0 Å². The molecule has 0 spiro atoms. The average Bonchev–Trinajstić information content (AvgIpc) is 2.27. The van der Waals surface area contributed by atoms with Crippen molar-refractivity contribution in [3.05, 3.63) is 47.5 Å². The fourth-order valence-electron chi connectivity index (χ4n) is 1.68. The Labute approximate surface area is 101 Å². The van der Waals surface area contributed by atoms with E-state index >= 15 is 0 Å². The molecule has 88 valence electrons. The molecule has 0 saturated heterocycles. The Morgan fingerprint density at radius 2 is 1.12 bits per heavy atom. The molecule has 0 amide bonds. The second-order valence-corrected chi connectivity index (χ2v) is 3.89. The van der Waals surface area contributed by atoms with Gasteiger partial charge in [0.1, 0.15) is 0 Å². The summed E-state index contributed by atoms with van der Waals surface area (Å²) in [5.41, 5.74) is 1.39.